The molecule has 3 heteroatoms. The molecule has 0 aliphatic heterocycles. The first-order valence-corrected chi connectivity index (χ1v) is 37.2. The van der Waals surface area contributed by atoms with E-state index in [1.165, 1.54) is 138 Å². The van der Waals surface area contributed by atoms with Gasteiger partial charge >= 0.3 is 0 Å². The zero-order chi connectivity index (χ0) is 70.9. The van der Waals surface area contributed by atoms with Crippen LogP contribution in [0.15, 0.2) is 340 Å². The van der Waals surface area contributed by atoms with Crippen molar-refractivity contribution in [2.75, 3.05) is 14.7 Å². The maximum atomic E-state index is 2.52. The lowest BCUT2D eigenvalue weighted by Gasteiger charge is -2.30. The highest BCUT2D eigenvalue weighted by Crippen LogP contribution is 2.56. The summed E-state index contributed by atoms with van der Waals surface area (Å²) in [5, 5.41) is 7.39. The first-order chi connectivity index (χ1) is 51.2. The number of aryl methyl sites for hydroxylation is 1. The number of rotatable bonds is 14. The molecule has 0 N–H and O–H groups in total. The third kappa shape index (κ3) is 10.6. The zero-order valence-corrected chi connectivity index (χ0v) is 60.6. The Kier molecular flexibility index (Phi) is 15.0. The van der Waals surface area contributed by atoms with Gasteiger partial charge < -0.3 is 14.7 Å². The van der Waals surface area contributed by atoms with E-state index in [0.29, 0.717) is 0 Å². The van der Waals surface area contributed by atoms with Crippen molar-refractivity contribution < 1.29 is 0 Å². The molecule has 504 valence electrons. The summed E-state index contributed by atoms with van der Waals surface area (Å²) in [6, 6.07) is 128. The molecule has 3 aliphatic carbocycles. The van der Waals surface area contributed by atoms with Crippen LogP contribution >= 0.6 is 0 Å². The van der Waals surface area contributed by atoms with Crippen molar-refractivity contribution in [3.05, 3.63) is 401 Å². The van der Waals surface area contributed by atoms with E-state index in [-0.39, 0.29) is 16.2 Å². The molecule has 0 spiro atoms. The van der Waals surface area contributed by atoms with E-state index in [4.69, 9.17) is 0 Å². The standard InChI is InChI=1S/C102H81N3/c1-66-36-44-76(45-37-66)104(97-35-20-18-29-83(97)71-23-9-8-10-24-71)80-52-56-88-86-54-42-69(60-93(86)101(4,5)95(88)64-80)58-67-38-48-77(49-39-67)105(98-62-73-26-13-14-28-82(73)84-30-15-16-32-90(84)98)81-53-57-89-91-33-21-27-74(99(91)102(6,7)96(89)65-81)59-68-40-46-75(47-41-68)103(78-50-43-70-22-11-12-25-72(70)61-78)79-51-55-87-85-31-17-19-34-92(85)100(2,3)94(87)63-79/h8-57,60-65H,58-59H2,1-7H3. The summed E-state index contributed by atoms with van der Waals surface area (Å²) in [6.07, 6.45) is 1.63. The summed E-state index contributed by atoms with van der Waals surface area (Å²) in [7, 11) is 0. The Bertz CT molecular complexity index is 6130. The predicted molar refractivity (Wildman–Crippen MR) is 444 cm³/mol. The molecule has 0 bridgehead atoms. The highest BCUT2D eigenvalue weighted by molar-refractivity contribution is 6.15. The van der Waals surface area contributed by atoms with Gasteiger partial charge in [0.25, 0.3) is 0 Å². The Morgan fingerprint density at radius 1 is 0.238 bits per heavy atom. The van der Waals surface area contributed by atoms with Crippen LogP contribution in [0.4, 0.5) is 51.2 Å². The summed E-state index contributed by atoms with van der Waals surface area (Å²) in [4.78, 5) is 7.41. The van der Waals surface area contributed by atoms with Crippen molar-refractivity contribution in [3.8, 4) is 44.5 Å². The normalized spacial score (nSPS) is 13.8. The maximum absolute atomic E-state index is 2.52. The zero-order valence-electron chi connectivity index (χ0n) is 60.6. The Labute approximate surface area is 617 Å². The molecule has 0 amide bonds. The van der Waals surface area contributed by atoms with Gasteiger partial charge in [-0.1, -0.05) is 290 Å². The van der Waals surface area contributed by atoms with Crippen LogP contribution in [0.25, 0.3) is 76.8 Å². The Morgan fingerprint density at radius 3 is 1.36 bits per heavy atom. The van der Waals surface area contributed by atoms with Gasteiger partial charge in [0.15, 0.2) is 0 Å². The maximum Gasteiger partial charge on any atom is 0.0546 e. The van der Waals surface area contributed by atoms with E-state index in [1.54, 1.807) is 0 Å². The van der Waals surface area contributed by atoms with E-state index in [9.17, 15) is 0 Å². The fourth-order valence-corrected chi connectivity index (χ4v) is 18.2. The summed E-state index contributed by atoms with van der Waals surface area (Å²) in [5.74, 6) is 0. The lowest BCUT2D eigenvalue weighted by Crippen LogP contribution is -2.18. The van der Waals surface area contributed by atoms with E-state index in [2.05, 4.69) is 403 Å². The van der Waals surface area contributed by atoms with Gasteiger partial charge in [0, 0.05) is 67.0 Å². The lowest BCUT2D eigenvalue weighted by atomic mass is 9.79. The molecule has 0 saturated carbocycles. The van der Waals surface area contributed by atoms with Crippen molar-refractivity contribution in [2.45, 2.75) is 77.6 Å². The monoisotopic (exact) mass is 1350 g/mol. The fraction of sp³-hybridized carbons (Fsp3) is 0.118. The lowest BCUT2D eigenvalue weighted by molar-refractivity contribution is 0.653. The number of benzene rings is 16. The van der Waals surface area contributed by atoms with E-state index in [1.807, 2.05) is 0 Å². The number of hydrogen-bond donors (Lipinski definition) is 0. The Balaban J connectivity index is 0.635. The van der Waals surface area contributed by atoms with E-state index < -0.39 is 0 Å². The molecule has 0 fully saturated rings. The number of hydrogen-bond acceptors (Lipinski definition) is 3. The minimum atomic E-state index is -0.295. The molecule has 16 aromatic rings. The second-order valence-corrected chi connectivity index (χ2v) is 30.9. The van der Waals surface area contributed by atoms with Crippen LogP contribution in [-0.4, -0.2) is 0 Å². The van der Waals surface area contributed by atoms with Crippen molar-refractivity contribution >= 4 is 83.5 Å². The second-order valence-electron chi connectivity index (χ2n) is 30.9. The third-order valence-corrected chi connectivity index (χ3v) is 23.5. The second kappa shape index (κ2) is 24.7. The van der Waals surface area contributed by atoms with Gasteiger partial charge in [0.1, 0.15) is 0 Å². The molecular weight excluding hydrogens is 1270 g/mol. The molecule has 19 rings (SSSR count). The molecule has 0 unspecified atom stereocenters. The minimum absolute atomic E-state index is 0.122. The Morgan fingerprint density at radius 2 is 0.676 bits per heavy atom. The van der Waals surface area contributed by atoms with Crippen LogP contribution < -0.4 is 14.7 Å². The van der Waals surface area contributed by atoms with Crippen LogP contribution in [0.1, 0.15) is 103 Å². The summed E-state index contributed by atoms with van der Waals surface area (Å²) >= 11 is 0. The van der Waals surface area contributed by atoms with Crippen molar-refractivity contribution in [3.63, 3.8) is 0 Å². The van der Waals surface area contributed by atoms with Crippen LogP contribution in [0.5, 0.6) is 0 Å². The van der Waals surface area contributed by atoms with Crippen LogP contribution in [0.2, 0.25) is 0 Å². The molecule has 16 aromatic carbocycles. The third-order valence-electron chi connectivity index (χ3n) is 23.5. The van der Waals surface area contributed by atoms with Gasteiger partial charge in [0.05, 0.1) is 11.4 Å². The molecule has 0 radical (unpaired) electrons. The highest BCUT2D eigenvalue weighted by atomic mass is 15.2. The molecule has 3 aliphatic rings. The topological polar surface area (TPSA) is 9.72 Å². The summed E-state index contributed by atoms with van der Waals surface area (Å²) in [5.41, 5.74) is 34.6. The Hall–Kier alpha value is -12.3. The van der Waals surface area contributed by atoms with Gasteiger partial charge in [-0.2, -0.15) is 0 Å². The molecule has 0 aromatic heterocycles. The number of nitrogens with zero attached hydrogens (tertiary/aromatic N) is 3. The molecule has 0 saturated heterocycles. The SMILES string of the molecule is Cc1ccc(N(c2ccc3c(c2)C(C)(C)c2cc(Cc4ccc(N(c5ccc6c(c5)C(C)(C)c5c(Cc7ccc(N(c8ccc9c(c8)C(C)(C)c8ccccc8-9)c8ccc9ccccc9c8)cc7)cccc5-6)c5cc6ccccc6c6ccccc56)cc4)ccc2-3)c2ccccc2-c2ccccc2)cc1. The van der Waals surface area contributed by atoms with Crippen LogP contribution in [0.3, 0.4) is 0 Å². The van der Waals surface area contributed by atoms with Gasteiger partial charge in [-0.05, 0) is 238 Å². The average molecular weight is 1350 g/mol. The van der Waals surface area contributed by atoms with Crippen LogP contribution in [0, 0.1) is 6.92 Å². The first-order valence-electron chi connectivity index (χ1n) is 37.2. The van der Waals surface area contributed by atoms with Crippen molar-refractivity contribution in [1.82, 2.24) is 0 Å². The van der Waals surface area contributed by atoms with E-state index >= 15 is 0 Å². The minimum Gasteiger partial charge on any atom is -0.310 e. The van der Waals surface area contributed by atoms with Crippen LogP contribution in [-0.2, 0) is 29.1 Å². The van der Waals surface area contributed by atoms with Gasteiger partial charge in [0.2, 0.25) is 0 Å². The van der Waals surface area contributed by atoms with Gasteiger partial charge in [-0.15, -0.1) is 0 Å². The summed E-state index contributed by atoms with van der Waals surface area (Å²) < 4.78 is 0. The molecule has 3 nitrogen and oxygen atoms in total. The smallest absolute Gasteiger partial charge is 0.0546 e. The largest absolute Gasteiger partial charge is 0.310 e. The van der Waals surface area contributed by atoms with Crippen molar-refractivity contribution in [2.24, 2.45) is 0 Å². The van der Waals surface area contributed by atoms with Gasteiger partial charge in [-0.25, -0.2) is 0 Å². The van der Waals surface area contributed by atoms with Crippen molar-refractivity contribution in [1.29, 1.82) is 0 Å². The highest BCUT2D eigenvalue weighted by Gasteiger charge is 2.40. The van der Waals surface area contributed by atoms with Gasteiger partial charge in [-0.3, -0.25) is 0 Å². The average Bonchev–Trinajstić information content (AvgIpc) is 1.63. The molecular formula is C102H81N3. The predicted octanol–water partition coefficient (Wildman–Crippen LogP) is 27.6. The molecule has 0 atom stereocenters. The fourth-order valence-electron chi connectivity index (χ4n) is 18.2. The number of anilines is 9. The quantitative estimate of drug-likeness (QED) is 0.100. The number of fused-ring (bicyclic) bond motifs is 13. The molecule has 105 heavy (non-hydrogen) atoms. The first kappa shape index (κ1) is 63.6. The molecule has 0 heterocycles. The number of para-hydroxylation sites is 1. The summed E-state index contributed by atoms with van der Waals surface area (Å²) in [6.45, 7) is 16.6. The van der Waals surface area contributed by atoms with E-state index in [0.717, 1.165) is 64.0 Å².